The van der Waals surface area contributed by atoms with Crippen molar-refractivity contribution in [2.24, 2.45) is 22.7 Å². The van der Waals surface area contributed by atoms with Crippen molar-refractivity contribution in [1.82, 2.24) is 0 Å². The lowest BCUT2D eigenvalue weighted by molar-refractivity contribution is -0.188. The molecule has 0 aromatic heterocycles. The zero-order valence-corrected chi connectivity index (χ0v) is 15.5. The van der Waals surface area contributed by atoms with E-state index in [2.05, 4.69) is 26.5 Å². The van der Waals surface area contributed by atoms with Gasteiger partial charge in [0.15, 0.2) is 0 Å². The fourth-order valence-corrected chi connectivity index (χ4v) is 5.72. The largest absolute Gasteiger partial charge is 0.508 e. The van der Waals surface area contributed by atoms with E-state index in [0.717, 1.165) is 25.7 Å². The van der Waals surface area contributed by atoms with Gasteiger partial charge in [-0.05, 0) is 43.1 Å². The molecule has 2 saturated carbocycles. The van der Waals surface area contributed by atoms with Gasteiger partial charge in [0.1, 0.15) is 19.3 Å². The fraction of sp³-hybridized carbons (Fsp3) is 0.619. The van der Waals surface area contributed by atoms with Gasteiger partial charge < -0.3 is 14.2 Å². The van der Waals surface area contributed by atoms with Crippen molar-refractivity contribution in [2.75, 3.05) is 13.2 Å². The van der Waals surface area contributed by atoms with Crippen molar-refractivity contribution in [2.45, 2.75) is 45.6 Å². The molecule has 2 heterocycles. The van der Waals surface area contributed by atoms with E-state index in [9.17, 15) is 9.59 Å². The Kier molecular flexibility index (Phi) is 4.01. The highest BCUT2D eigenvalue weighted by atomic mass is 16.7. The first-order valence-corrected chi connectivity index (χ1v) is 9.41. The van der Waals surface area contributed by atoms with Crippen LogP contribution in [0.25, 0.3) is 0 Å². The Morgan fingerprint density at radius 1 is 1.19 bits per heavy atom. The van der Waals surface area contributed by atoms with E-state index in [-0.39, 0.29) is 28.8 Å². The van der Waals surface area contributed by atoms with Crippen LogP contribution in [-0.2, 0) is 19.0 Å². The number of rotatable bonds is 2. The predicted octanol–water partition coefficient (Wildman–Crippen LogP) is 3.95. The van der Waals surface area contributed by atoms with Crippen LogP contribution in [0.5, 0.6) is 0 Å². The van der Waals surface area contributed by atoms with E-state index in [0.29, 0.717) is 24.7 Å². The molecular weight excluding hydrogens is 332 g/mol. The molecule has 2 aliphatic carbocycles. The van der Waals surface area contributed by atoms with Crippen LogP contribution in [0.15, 0.2) is 36.0 Å². The van der Waals surface area contributed by atoms with Gasteiger partial charge in [-0.3, -0.25) is 0 Å². The van der Waals surface area contributed by atoms with E-state index < -0.39 is 6.16 Å². The van der Waals surface area contributed by atoms with Gasteiger partial charge in [0.25, 0.3) is 0 Å². The summed E-state index contributed by atoms with van der Waals surface area (Å²) in [5.41, 5.74) is 1.66. The Labute approximate surface area is 154 Å². The standard InChI is InChI=1S/C21H26O5/c1-13-4-7-16-20(2,15(13)6-5-14-9-11-24-18(14)22)10-8-17-21(16,3)12-25-19(23)26-17/h5-6,9,15-17H,1,4,7-8,10-12H2,2-3H3/b6-5+/t15-,16?,17-,20+,21+/m1/s1. The van der Waals surface area contributed by atoms with Crippen LogP contribution in [0, 0.1) is 22.7 Å². The average molecular weight is 358 g/mol. The first-order valence-electron chi connectivity index (χ1n) is 9.41. The Balaban J connectivity index is 1.64. The molecule has 0 bridgehead atoms. The van der Waals surface area contributed by atoms with Crippen molar-refractivity contribution in [3.8, 4) is 0 Å². The van der Waals surface area contributed by atoms with Crippen LogP contribution in [0.1, 0.15) is 39.5 Å². The number of carbonyl (C=O) groups is 2. The average Bonchev–Trinajstić information content (AvgIpc) is 3.00. The maximum Gasteiger partial charge on any atom is 0.508 e. The highest BCUT2D eigenvalue weighted by molar-refractivity contribution is 5.93. The zero-order chi connectivity index (χ0) is 18.5. The lowest BCUT2D eigenvalue weighted by Crippen LogP contribution is -2.60. The zero-order valence-electron chi connectivity index (χ0n) is 15.5. The third kappa shape index (κ3) is 2.51. The minimum absolute atomic E-state index is 0.00720. The van der Waals surface area contributed by atoms with Gasteiger partial charge in [0.2, 0.25) is 0 Å². The monoisotopic (exact) mass is 358 g/mol. The fourth-order valence-electron chi connectivity index (χ4n) is 5.72. The normalized spacial score (nSPS) is 42.5. The summed E-state index contributed by atoms with van der Waals surface area (Å²) < 4.78 is 15.8. The quantitative estimate of drug-likeness (QED) is 0.552. The molecule has 1 unspecified atom stereocenters. The second-order valence-corrected chi connectivity index (χ2v) is 8.54. The van der Waals surface area contributed by atoms with E-state index in [1.807, 2.05) is 12.2 Å². The minimum Gasteiger partial charge on any atom is -0.458 e. The Morgan fingerprint density at radius 3 is 2.73 bits per heavy atom. The molecule has 5 heteroatoms. The molecular formula is C21H26O5. The molecule has 4 aliphatic rings. The van der Waals surface area contributed by atoms with Gasteiger partial charge >= 0.3 is 12.1 Å². The molecule has 5 atom stereocenters. The van der Waals surface area contributed by atoms with Crippen molar-refractivity contribution in [3.05, 3.63) is 36.0 Å². The van der Waals surface area contributed by atoms with Gasteiger partial charge in [0, 0.05) is 11.3 Å². The summed E-state index contributed by atoms with van der Waals surface area (Å²) in [6.45, 7) is 9.61. The van der Waals surface area contributed by atoms with E-state index in [1.54, 1.807) is 0 Å². The number of cyclic esters (lactones) is 2. The smallest absolute Gasteiger partial charge is 0.458 e. The third-order valence-corrected chi connectivity index (χ3v) is 7.14. The molecule has 0 spiro atoms. The molecule has 26 heavy (non-hydrogen) atoms. The summed E-state index contributed by atoms with van der Waals surface area (Å²) in [4.78, 5) is 23.3. The van der Waals surface area contributed by atoms with Crippen LogP contribution in [-0.4, -0.2) is 31.4 Å². The molecule has 0 amide bonds. The summed E-state index contributed by atoms with van der Waals surface area (Å²) in [6.07, 6.45) is 8.98. The van der Waals surface area contributed by atoms with Gasteiger partial charge in [-0.15, -0.1) is 0 Å². The number of hydrogen-bond donors (Lipinski definition) is 0. The topological polar surface area (TPSA) is 61.8 Å². The van der Waals surface area contributed by atoms with Crippen LogP contribution in [0.2, 0.25) is 0 Å². The van der Waals surface area contributed by atoms with E-state index in [1.165, 1.54) is 5.57 Å². The highest BCUT2D eigenvalue weighted by Gasteiger charge is 2.60. The lowest BCUT2D eigenvalue weighted by Gasteiger charge is -2.60. The van der Waals surface area contributed by atoms with Crippen LogP contribution < -0.4 is 0 Å². The summed E-state index contributed by atoms with van der Waals surface area (Å²) >= 11 is 0. The molecule has 0 radical (unpaired) electrons. The SMILES string of the molecule is C=C1CCC2[C@]3(C)COC(=O)O[C@@H]3CC[C@@]2(C)[C@@H]1/C=C/C1=CCOC1=O. The molecule has 3 fully saturated rings. The molecule has 0 aromatic rings. The summed E-state index contributed by atoms with van der Waals surface area (Å²) in [5, 5.41) is 0. The van der Waals surface area contributed by atoms with E-state index >= 15 is 0 Å². The van der Waals surface area contributed by atoms with Crippen molar-refractivity contribution < 1.29 is 23.8 Å². The molecule has 0 aromatic carbocycles. The summed E-state index contributed by atoms with van der Waals surface area (Å²) in [5.74, 6) is 0.296. The van der Waals surface area contributed by atoms with Crippen LogP contribution in [0.3, 0.4) is 0 Å². The minimum atomic E-state index is -0.542. The van der Waals surface area contributed by atoms with Crippen LogP contribution >= 0.6 is 0 Å². The first-order chi connectivity index (χ1) is 12.3. The number of allylic oxidation sites excluding steroid dienone is 2. The second-order valence-electron chi connectivity index (χ2n) is 8.54. The van der Waals surface area contributed by atoms with Gasteiger partial charge in [-0.2, -0.15) is 0 Å². The number of carbonyl (C=O) groups excluding carboxylic acids is 2. The highest BCUT2D eigenvalue weighted by Crippen LogP contribution is 2.62. The molecule has 0 N–H and O–H groups in total. The Morgan fingerprint density at radius 2 is 2.00 bits per heavy atom. The lowest BCUT2D eigenvalue weighted by atomic mass is 9.46. The van der Waals surface area contributed by atoms with Crippen molar-refractivity contribution >= 4 is 12.1 Å². The van der Waals surface area contributed by atoms with Gasteiger partial charge in [-0.1, -0.05) is 38.2 Å². The Hall–Kier alpha value is -2.04. The van der Waals surface area contributed by atoms with Crippen LogP contribution in [0.4, 0.5) is 4.79 Å². The van der Waals surface area contributed by atoms with Crippen molar-refractivity contribution in [1.29, 1.82) is 0 Å². The van der Waals surface area contributed by atoms with Gasteiger partial charge in [0.05, 0.1) is 5.57 Å². The van der Waals surface area contributed by atoms with Crippen molar-refractivity contribution in [3.63, 3.8) is 0 Å². The third-order valence-electron chi connectivity index (χ3n) is 7.14. The maximum absolute atomic E-state index is 11.7. The van der Waals surface area contributed by atoms with Gasteiger partial charge in [-0.25, -0.2) is 9.59 Å². The Bertz CT molecular complexity index is 720. The molecule has 2 aliphatic heterocycles. The summed E-state index contributed by atoms with van der Waals surface area (Å²) in [6, 6.07) is 0. The second kappa shape index (κ2) is 6.00. The summed E-state index contributed by atoms with van der Waals surface area (Å²) in [7, 11) is 0. The first kappa shape index (κ1) is 17.4. The predicted molar refractivity (Wildman–Crippen MR) is 95.2 cm³/mol. The number of fused-ring (bicyclic) bond motifs is 3. The maximum atomic E-state index is 11.7. The van der Waals surface area contributed by atoms with E-state index in [4.69, 9.17) is 14.2 Å². The number of esters is 1. The number of hydrogen-bond acceptors (Lipinski definition) is 5. The molecule has 4 rings (SSSR count). The molecule has 1 saturated heterocycles. The molecule has 140 valence electrons. The molecule has 5 nitrogen and oxygen atoms in total. The number of ether oxygens (including phenoxy) is 3.